The van der Waals surface area contributed by atoms with Crippen molar-refractivity contribution < 1.29 is 0 Å². The highest BCUT2D eigenvalue weighted by atomic mass is 32.1. The fraction of sp³-hybridized carbons (Fsp3) is 0.333. The number of fused-ring (bicyclic) bond motifs is 1. The van der Waals surface area contributed by atoms with E-state index in [1.165, 1.54) is 10.3 Å². The first-order valence-corrected chi connectivity index (χ1v) is 6.17. The highest BCUT2D eigenvalue weighted by Crippen LogP contribution is 2.27. The first kappa shape index (κ1) is 11.1. The van der Waals surface area contributed by atoms with E-state index in [0.29, 0.717) is 0 Å². The van der Waals surface area contributed by atoms with Crippen LogP contribution in [0.1, 0.15) is 25.8 Å². The van der Waals surface area contributed by atoms with Gasteiger partial charge in [-0.05, 0) is 31.9 Å². The van der Waals surface area contributed by atoms with Gasteiger partial charge in [-0.25, -0.2) is 4.98 Å². The lowest BCUT2D eigenvalue weighted by molar-refractivity contribution is 1.20. The molecule has 1 N–H and O–H groups in total. The zero-order valence-electron chi connectivity index (χ0n) is 9.74. The number of nitrogens with zero attached hydrogens (tertiary/aromatic N) is 2. The summed E-state index contributed by atoms with van der Waals surface area (Å²) in [6, 6.07) is 6.22. The molecule has 0 aliphatic heterocycles. The summed E-state index contributed by atoms with van der Waals surface area (Å²) < 4.78 is 1.20. The zero-order valence-corrected chi connectivity index (χ0v) is 10.6. The van der Waals surface area contributed by atoms with Crippen molar-refractivity contribution >= 4 is 32.4 Å². The molecule has 0 atom stereocenters. The summed E-state index contributed by atoms with van der Waals surface area (Å²) in [5.74, 6) is 0. The lowest BCUT2D eigenvalue weighted by Crippen LogP contribution is -1.94. The van der Waals surface area contributed by atoms with Crippen LogP contribution in [-0.4, -0.2) is 10.7 Å². The molecule has 0 amide bonds. The Morgan fingerprint density at radius 1 is 1.50 bits per heavy atom. The minimum atomic E-state index is 0.858. The predicted octanol–water partition coefficient (Wildman–Crippen LogP) is 3.80. The summed E-state index contributed by atoms with van der Waals surface area (Å²) in [6.45, 7) is 6.17. The molecule has 0 aliphatic rings. The average Bonchev–Trinajstić information content (AvgIpc) is 2.70. The van der Waals surface area contributed by atoms with Gasteiger partial charge in [0.1, 0.15) is 0 Å². The highest BCUT2D eigenvalue weighted by Gasteiger charge is 2.04. The molecule has 1 aromatic carbocycles. The molecular weight excluding hydrogens is 218 g/mol. The summed E-state index contributed by atoms with van der Waals surface area (Å²) in [7, 11) is 0. The summed E-state index contributed by atoms with van der Waals surface area (Å²) in [5.41, 5.74) is 6.36. The van der Waals surface area contributed by atoms with E-state index in [0.717, 1.165) is 22.8 Å². The molecule has 2 aromatic rings. The third-order valence-corrected chi connectivity index (χ3v) is 3.40. The third kappa shape index (κ3) is 2.22. The lowest BCUT2D eigenvalue weighted by Gasteiger charge is -1.95. The van der Waals surface area contributed by atoms with Crippen molar-refractivity contribution in [3.8, 4) is 0 Å². The maximum Gasteiger partial charge on any atom is 0.204 e. The molecule has 3 nitrogen and oxygen atoms in total. The third-order valence-electron chi connectivity index (χ3n) is 2.47. The summed E-state index contributed by atoms with van der Waals surface area (Å²) in [5, 5.41) is 5.11. The summed E-state index contributed by atoms with van der Waals surface area (Å²) in [4.78, 5) is 4.52. The van der Waals surface area contributed by atoms with Gasteiger partial charge in [0.15, 0.2) is 0 Å². The molecule has 1 heterocycles. The van der Waals surface area contributed by atoms with Gasteiger partial charge < -0.3 is 0 Å². The number of rotatable bonds is 3. The second kappa shape index (κ2) is 4.61. The molecule has 0 saturated carbocycles. The topological polar surface area (TPSA) is 37.3 Å². The molecule has 0 unspecified atom stereocenters. The number of hydrogen-bond donors (Lipinski definition) is 1. The largest absolute Gasteiger partial charge is 0.253 e. The molecule has 1 aromatic heterocycles. The van der Waals surface area contributed by atoms with Crippen LogP contribution in [0.25, 0.3) is 10.2 Å². The van der Waals surface area contributed by atoms with Crippen molar-refractivity contribution in [2.24, 2.45) is 5.10 Å². The zero-order chi connectivity index (χ0) is 11.5. The van der Waals surface area contributed by atoms with Crippen molar-refractivity contribution in [2.75, 3.05) is 5.43 Å². The van der Waals surface area contributed by atoms with Crippen molar-refractivity contribution in [1.29, 1.82) is 0 Å². The molecule has 16 heavy (non-hydrogen) atoms. The maximum atomic E-state index is 4.52. The van der Waals surface area contributed by atoms with Crippen molar-refractivity contribution in [3.05, 3.63) is 23.8 Å². The first-order chi connectivity index (χ1) is 7.70. The Balaban J connectivity index is 2.30. The van der Waals surface area contributed by atoms with Crippen LogP contribution in [0.4, 0.5) is 5.13 Å². The maximum absolute atomic E-state index is 4.52. The molecule has 84 valence electrons. The van der Waals surface area contributed by atoms with Gasteiger partial charge in [-0.1, -0.05) is 30.4 Å². The van der Waals surface area contributed by atoms with Crippen LogP contribution in [0.15, 0.2) is 23.3 Å². The van der Waals surface area contributed by atoms with Gasteiger partial charge in [0.2, 0.25) is 5.13 Å². The van der Waals surface area contributed by atoms with Gasteiger partial charge in [0.05, 0.1) is 10.2 Å². The standard InChI is InChI=1S/C12H15N3S/c1-4-9(3)14-15-12-13-11-8(2)6-5-7-10(11)16-12/h5-7H,4H2,1-3H3,(H,13,15)/b14-9-. The Morgan fingerprint density at radius 3 is 3.00 bits per heavy atom. The van der Waals surface area contributed by atoms with E-state index in [4.69, 9.17) is 0 Å². The molecular formula is C12H15N3S. The number of para-hydroxylation sites is 1. The van der Waals surface area contributed by atoms with Gasteiger partial charge in [-0.15, -0.1) is 0 Å². The number of aryl methyl sites for hydroxylation is 1. The SMILES string of the molecule is CC/C(C)=N\Nc1nc2c(C)cccc2s1. The van der Waals surface area contributed by atoms with Crippen LogP contribution in [0.5, 0.6) is 0 Å². The number of anilines is 1. The Hall–Kier alpha value is -1.42. The number of thiazole rings is 1. The number of hydrogen-bond acceptors (Lipinski definition) is 4. The van der Waals surface area contributed by atoms with Crippen LogP contribution in [-0.2, 0) is 0 Å². The van der Waals surface area contributed by atoms with Crippen molar-refractivity contribution in [2.45, 2.75) is 27.2 Å². The molecule has 0 fully saturated rings. The Kier molecular flexibility index (Phi) is 3.19. The van der Waals surface area contributed by atoms with Crippen LogP contribution in [0.2, 0.25) is 0 Å². The fourth-order valence-corrected chi connectivity index (χ4v) is 2.24. The van der Waals surface area contributed by atoms with Gasteiger partial charge in [0.25, 0.3) is 0 Å². The molecule has 0 spiro atoms. The molecule has 0 saturated heterocycles. The monoisotopic (exact) mass is 233 g/mol. The molecule has 0 aliphatic carbocycles. The number of benzene rings is 1. The Bertz CT molecular complexity index is 528. The Morgan fingerprint density at radius 2 is 2.31 bits per heavy atom. The molecule has 2 rings (SSSR count). The number of aromatic nitrogens is 1. The minimum absolute atomic E-state index is 0.858. The van der Waals surface area contributed by atoms with Gasteiger partial charge in [-0.3, -0.25) is 5.43 Å². The van der Waals surface area contributed by atoms with Crippen LogP contribution < -0.4 is 5.43 Å². The number of nitrogens with one attached hydrogen (secondary N) is 1. The fourth-order valence-electron chi connectivity index (χ4n) is 1.36. The van der Waals surface area contributed by atoms with Gasteiger partial charge in [-0.2, -0.15) is 5.10 Å². The normalized spacial score (nSPS) is 12.1. The van der Waals surface area contributed by atoms with Gasteiger partial charge >= 0.3 is 0 Å². The molecule has 0 radical (unpaired) electrons. The highest BCUT2D eigenvalue weighted by molar-refractivity contribution is 7.22. The van der Waals surface area contributed by atoms with E-state index in [2.05, 4.69) is 47.6 Å². The van der Waals surface area contributed by atoms with Crippen molar-refractivity contribution in [1.82, 2.24) is 4.98 Å². The second-order valence-corrected chi connectivity index (χ2v) is 4.78. The van der Waals surface area contributed by atoms with Crippen LogP contribution >= 0.6 is 11.3 Å². The van der Waals surface area contributed by atoms with E-state index >= 15 is 0 Å². The minimum Gasteiger partial charge on any atom is -0.253 e. The summed E-state index contributed by atoms with van der Waals surface area (Å²) >= 11 is 1.63. The van der Waals surface area contributed by atoms with E-state index in [1.54, 1.807) is 11.3 Å². The second-order valence-electron chi connectivity index (χ2n) is 3.75. The van der Waals surface area contributed by atoms with E-state index in [-0.39, 0.29) is 0 Å². The average molecular weight is 233 g/mol. The van der Waals surface area contributed by atoms with E-state index in [1.807, 2.05) is 6.92 Å². The van der Waals surface area contributed by atoms with E-state index < -0.39 is 0 Å². The quantitative estimate of drug-likeness (QED) is 0.646. The molecule has 4 heteroatoms. The predicted molar refractivity (Wildman–Crippen MR) is 71.4 cm³/mol. The first-order valence-electron chi connectivity index (χ1n) is 5.36. The van der Waals surface area contributed by atoms with E-state index in [9.17, 15) is 0 Å². The Labute approximate surface area is 99.2 Å². The lowest BCUT2D eigenvalue weighted by atomic mass is 10.2. The van der Waals surface area contributed by atoms with Crippen molar-refractivity contribution in [3.63, 3.8) is 0 Å². The smallest absolute Gasteiger partial charge is 0.204 e. The number of hydrazone groups is 1. The van der Waals surface area contributed by atoms with Crippen LogP contribution in [0.3, 0.4) is 0 Å². The van der Waals surface area contributed by atoms with Gasteiger partial charge in [0, 0.05) is 5.71 Å². The molecule has 0 bridgehead atoms. The van der Waals surface area contributed by atoms with Crippen LogP contribution in [0, 0.1) is 6.92 Å². The summed E-state index contributed by atoms with van der Waals surface area (Å²) in [6.07, 6.45) is 0.955.